The van der Waals surface area contributed by atoms with E-state index >= 15 is 0 Å². The number of nitrogens with zero attached hydrogens (tertiary/aromatic N) is 1. The fourth-order valence-corrected chi connectivity index (χ4v) is 3.97. The van der Waals surface area contributed by atoms with Crippen molar-refractivity contribution in [1.29, 1.82) is 5.26 Å². The Labute approximate surface area is 98.3 Å². The molecule has 2 aromatic rings. The first-order valence-electron chi connectivity index (χ1n) is 4.13. The molecular formula is C10H7NOS3. The first-order chi connectivity index (χ1) is 7.24. The van der Waals surface area contributed by atoms with Gasteiger partial charge in [0.25, 0.3) is 0 Å². The van der Waals surface area contributed by atoms with Crippen molar-refractivity contribution < 1.29 is 4.21 Å². The van der Waals surface area contributed by atoms with E-state index in [4.69, 9.17) is 5.26 Å². The summed E-state index contributed by atoms with van der Waals surface area (Å²) in [7, 11) is -1.08. The van der Waals surface area contributed by atoms with Gasteiger partial charge in [0.1, 0.15) is 10.3 Å². The Morgan fingerprint density at radius 1 is 1.47 bits per heavy atom. The molecule has 0 amide bonds. The summed E-state index contributed by atoms with van der Waals surface area (Å²) in [5.41, 5.74) is 1.46. The Bertz CT molecular complexity index is 534. The van der Waals surface area contributed by atoms with Crippen LogP contribution in [0.3, 0.4) is 0 Å². The summed E-state index contributed by atoms with van der Waals surface area (Å²) in [6.07, 6.45) is 1.60. The Morgan fingerprint density at radius 2 is 2.27 bits per heavy atom. The van der Waals surface area contributed by atoms with Gasteiger partial charge >= 0.3 is 0 Å². The number of thiophene rings is 2. The summed E-state index contributed by atoms with van der Waals surface area (Å²) < 4.78 is 12.0. The molecule has 2 nitrogen and oxygen atoms in total. The number of hydrogen-bond acceptors (Lipinski definition) is 4. The number of hydrogen-bond donors (Lipinski definition) is 0. The van der Waals surface area contributed by atoms with Crippen LogP contribution in [-0.4, -0.2) is 10.5 Å². The second-order valence-electron chi connectivity index (χ2n) is 2.86. The monoisotopic (exact) mass is 253 g/mol. The van der Waals surface area contributed by atoms with Gasteiger partial charge in [0.05, 0.1) is 16.4 Å². The van der Waals surface area contributed by atoms with Crippen LogP contribution in [-0.2, 0) is 10.8 Å². The van der Waals surface area contributed by atoms with Crippen LogP contribution in [0.5, 0.6) is 0 Å². The van der Waals surface area contributed by atoms with Gasteiger partial charge in [0.15, 0.2) is 0 Å². The lowest BCUT2D eigenvalue weighted by atomic mass is 10.2. The molecule has 0 saturated carbocycles. The van der Waals surface area contributed by atoms with Crippen LogP contribution < -0.4 is 0 Å². The lowest BCUT2D eigenvalue weighted by molar-refractivity contribution is 0.688. The molecule has 0 N–H and O–H groups in total. The lowest BCUT2D eigenvalue weighted by Gasteiger charge is -1.94. The van der Waals surface area contributed by atoms with Crippen molar-refractivity contribution >= 4 is 33.5 Å². The van der Waals surface area contributed by atoms with Gasteiger partial charge in [-0.25, -0.2) is 0 Å². The molecule has 5 heteroatoms. The topological polar surface area (TPSA) is 40.9 Å². The highest BCUT2D eigenvalue weighted by atomic mass is 32.2. The third kappa shape index (κ3) is 1.88. The molecule has 0 aliphatic carbocycles. The largest absolute Gasteiger partial charge is 0.254 e. The van der Waals surface area contributed by atoms with E-state index in [1.807, 2.05) is 22.9 Å². The molecule has 0 aromatic carbocycles. The van der Waals surface area contributed by atoms with Gasteiger partial charge in [0.2, 0.25) is 0 Å². The smallest absolute Gasteiger partial charge is 0.109 e. The first kappa shape index (κ1) is 10.6. The SMILES string of the molecule is CS(=O)c1scc(-c2cccs2)c1C#N. The fourth-order valence-electron chi connectivity index (χ4n) is 1.27. The van der Waals surface area contributed by atoms with Crippen LogP contribution in [0.2, 0.25) is 0 Å². The molecule has 1 unspecified atom stereocenters. The van der Waals surface area contributed by atoms with E-state index in [9.17, 15) is 4.21 Å². The van der Waals surface area contributed by atoms with Crippen LogP contribution >= 0.6 is 22.7 Å². The standard InChI is InChI=1S/C10H7NOS3/c1-15(12)10-7(5-11)8(6-14-10)9-3-2-4-13-9/h2-4,6H,1H3. The minimum atomic E-state index is -1.08. The molecule has 15 heavy (non-hydrogen) atoms. The van der Waals surface area contributed by atoms with Crippen molar-refractivity contribution in [3.8, 4) is 16.5 Å². The van der Waals surface area contributed by atoms with Gasteiger partial charge < -0.3 is 0 Å². The molecule has 0 fully saturated rings. The van der Waals surface area contributed by atoms with Gasteiger partial charge in [-0.15, -0.1) is 22.7 Å². The summed E-state index contributed by atoms with van der Waals surface area (Å²) in [4.78, 5) is 1.06. The molecule has 1 atom stereocenters. The van der Waals surface area contributed by atoms with E-state index in [2.05, 4.69) is 6.07 Å². The molecule has 0 radical (unpaired) electrons. The summed E-state index contributed by atoms with van der Waals surface area (Å²) in [5, 5.41) is 12.9. The summed E-state index contributed by atoms with van der Waals surface area (Å²) in [6.45, 7) is 0. The average molecular weight is 253 g/mol. The normalized spacial score (nSPS) is 12.3. The van der Waals surface area contributed by atoms with Crippen LogP contribution in [0.25, 0.3) is 10.4 Å². The average Bonchev–Trinajstić information content (AvgIpc) is 2.85. The molecule has 2 rings (SSSR count). The summed E-state index contributed by atoms with van der Waals surface area (Å²) in [6, 6.07) is 6.05. The zero-order valence-electron chi connectivity index (χ0n) is 7.89. The van der Waals surface area contributed by atoms with E-state index in [0.29, 0.717) is 9.77 Å². The molecule has 76 valence electrons. The van der Waals surface area contributed by atoms with Gasteiger partial charge in [-0.3, -0.25) is 4.21 Å². The minimum Gasteiger partial charge on any atom is -0.254 e. The molecule has 2 aromatic heterocycles. The molecule has 0 bridgehead atoms. The quantitative estimate of drug-likeness (QED) is 0.825. The van der Waals surface area contributed by atoms with E-state index in [1.165, 1.54) is 11.3 Å². The highest BCUT2D eigenvalue weighted by molar-refractivity contribution is 7.86. The maximum absolute atomic E-state index is 11.4. The predicted octanol–water partition coefficient (Wildman–Crippen LogP) is 3.09. The van der Waals surface area contributed by atoms with Crippen LogP contribution in [0.15, 0.2) is 27.1 Å². The molecule has 0 aliphatic rings. The fraction of sp³-hybridized carbons (Fsp3) is 0.100. The molecular weight excluding hydrogens is 246 g/mol. The maximum atomic E-state index is 11.4. The van der Waals surface area contributed by atoms with Gasteiger partial charge in [-0.1, -0.05) is 6.07 Å². The summed E-state index contributed by atoms with van der Waals surface area (Å²) in [5.74, 6) is 0. The third-order valence-corrected chi connectivity index (χ3v) is 5.31. The van der Waals surface area contributed by atoms with Crippen LogP contribution in [0, 0.1) is 11.3 Å². The molecule has 0 saturated heterocycles. The molecule has 2 heterocycles. The number of rotatable bonds is 2. The van der Waals surface area contributed by atoms with Crippen molar-refractivity contribution in [1.82, 2.24) is 0 Å². The van der Waals surface area contributed by atoms with Crippen molar-refractivity contribution in [3.05, 3.63) is 28.5 Å². The van der Waals surface area contributed by atoms with Crippen molar-refractivity contribution in [2.45, 2.75) is 4.21 Å². The van der Waals surface area contributed by atoms with Gasteiger partial charge in [-0.2, -0.15) is 5.26 Å². The summed E-state index contributed by atoms with van der Waals surface area (Å²) >= 11 is 2.98. The molecule has 0 spiro atoms. The van der Waals surface area contributed by atoms with Crippen molar-refractivity contribution in [2.24, 2.45) is 0 Å². The zero-order valence-corrected chi connectivity index (χ0v) is 10.3. The Kier molecular flexibility index (Phi) is 3.00. The van der Waals surface area contributed by atoms with E-state index < -0.39 is 10.8 Å². The maximum Gasteiger partial charge on any atom is 0.109 e. The second kappa shape index (κ2) is 4.27. The van der Waals surface area contributed by atoms with Crippen LogP contribution in [0.1, 0.15) is 5.56 Å². The predicted molar refractivity (Wildman–Crippen MR) is 64.7 cm³/mol. The minimum absolute atomic E-state index is 0.559. The van der Waals surface area contributed by atoms with E-state index in [0.717, 1.165) is 10.4 Å². The zero-order chi connectivity index (χ0) is 10.8. The van der Waals surface area contributed by atoms with E-state index in [-0.39, 0.29) is 0 Å². The van der Waals surface area contributed by atoms with Crippen LogP contribution in [0.4, 0.5) is 0 Å². The Hall–Kier alpha value is -0.960. The highest BCUT2D eigenvalue weighted by Crippen LogP contribution is 2.35. The highest BCUT2D eigenvalue weighted by Gasteiger charge is 2.15. The number of nitriles is 1. The lowest BCUT2D eigenvalue weighted by Crippen LogP contribution is -1.86. The van der Waals surface area contributed by atoms with Gasteiger partial charge in [0, 0.05) is 22.1 Å². The second-order valence-corrected chi connectivity index (χ2v) is 6.26. The van der Waals surface area contributed by atoms with Gasteiger partial charge in [-0.05, 0) is 11.4 Å². The Morgan fingerprint density at radius 3 is 2.80 bits per heavy atom. The van der Waals surface area contributed by atoms with Crippen molar-refractivity contribution in [2.75, 3.05) is 6.26 Å². The van der Waals surface area contributed by atoms with Crippen molar-refractivity contribution in [3.63, 3.8) is 0 Å². The first-order valence-corrected chi connectivity index (χ1v) is 7.44. The third-order valence-electron chi connectivity index (χ3n) is 1.92. The Balaban J connectivity index is 2.61. The molecule has 0 aliphatic heterocycles. The van der Waals surface area contributed by atoms with E-state index in [1.54, 1.807) is 17.6 Å².